The number of benzene rings is 2. The van der Waals surface area contributed by atoms with Gasteiger partial charge in [-0.2, -0.15) is 8.42 Å². The number of rotatable bonds is 3. The van der Waals surface area contributed by atoms with Gasteiger partial charge in [0.05, 0.1) is 20.3 Å². The minimum absolute atomic E-state index is 0.124. The van der Waals surface area contributed by atoms with E-state index >= 15 is 0 Å². The van der Waals surface area contributed by atoms with Crippen LogP contribution in [0.5, 0.6) is 23.0 Å². The molecule has 11 nitrogen and oxygen atoms in total. The van der Waals surface area contributed by atoms with E-state index in [2.05, 4.69) is 4.90 Å². The summed E-state index contributed by atoms with van der Waals surface area (Å²) in [6.07, 6.45) is 0.463. The van der Waals surface area contributed by atoms with Crippen LogP contribution in [0.1, 0.15) is 39.2 Å². The number of hydrogen-bond acceptors (Lipinski definition) is 9. The molecule has 2 aromatic rings. The predicted octanol–water partition coefficient (Wildman–Crippen LogP) is 2.22. The highest BCUT2D eigenvalue weighted by Crippen LogP contribution is 2.50. The minimum atomic E-state index is -4.67. The smallest absolute Gasteiger partial charge is 0.394 e. The molecule has 2 N–H and O–H groups in total. The zero-order chi connectivity index (χ0) is 23.9. The normalized spacial score (nSPS) is 20.8. The van der Waals surface area contributed by atoms with Crippen molar-refractivity contribution in [2.75, 3.05) is 34.6 Å². The highest BCUT2D eigenvalue weighted by molar-refractivity contribution is 7.79. The van der Waals surface area contributed by atoms with Crippen molar-refractivity contribution in [2.24, 2.45) is 0 Å². The van der Waals surface area contributed by atoms with E-state index in [0.29, 0.717) is 17.1 Å². The Morgan fingerprint density at radius 3 is 2.36 bits per heavy atom. The number of esters is 1. The van der Waals surface area contributed by atoms with E-state index in [1.165, 1.54) is 12.7 Å². The molecule has 0 aromatic heterocycles. The predicted molar refractivity (Wildman–Crippen MR) is 114 cm³/mol. The summed E-state index contributed by atoms with van der Waals surface area (Å²) in [5.41, 5.74) is 3.54. The molecule has 0 unspecified atom stereocenters. The third-order valence-electron chi connectivity index (χ3n) is 5.77. The van der Waals surface area contributed by atoms with Crippen molar-refractivity contribution in [3.05, 3.63) is 46.5 Å². The topological polar surface area (TPSA) is 141 Å². The van der Waals surface area contributed by atoms with E-state index in [4.69, 9.17) is 41.2 Å². The minimum Gasteiger partial charge on any atom is -0.493 e. The van der Waals surface area contributed by atoms with Crippen LogP contribution < -0.4 is 18.9 Å². The highest BCUT2D eigenvalue weighted by atomic mass is 32.3. The average molecular weight is 481 g/mol. The monoisotopic (exact) mass is 481 g/mol. The van der Waals surface area contributed by atoms with E-state index in [0.717, 1.165) is 35.6 Å². The molecule has 0 saturated heterocycles. The SMILES string of the molecule is COc1ccc2c(c1OC)C(=O)O[C@@H]2[C@H]1c2cc3c(cc2CCN1C)OCO3.O=S(=O)(O)O. The Balaban J connectivity index is 0.000000471. The molecule has 0 fully saturated rings. The molecule has 2 aromatic carbocycles. The lowest BCUT2D eigenvalue weighted by atomic mass is 9.86. The molecule has 3 heterocycles. The van der Waals surface area contributed by atoms with Gasteiger partial charge in [-0.1, -0.05) is 6.07 Å². The number of ether oxygens (including phenoxy) is 5. The number of methoxy groups -OCH3 is 2. The van der Waals surface area contributed by atoms with Gasteiger partial charge in [-0.3, -0.25) is 14.0 Å². The van der Waals surface area contributed by atoms with Crippen LogP contribution in [0.25, 0.3) is 0 Å². The van der Waals surface area contributed by atoms with Crippen molar-refractivity contribution in [1.82, 2.24) is 4.90 Å². The summed E-state index contributed by atoms with van der Waals surface area (Å²) in [7, 11) is 0.460. The maximum atomic E-state index is 12.8. The molecule has 12 heteroatoms. The van der Waals surface area contributed by atoms with E-state index < -0.39 is 22.5 Å². The lowest BCUT2D eigenvalue weighted by Gasteiger charge is -2.37. The lowest BCUT2D eigenvalue weighted by Crippen LogP contribution is -2.36. The summed E-state index contributed by atoms with van der Waals surface area (Å²) in [6.45, 7) is 1.09. The van der Waals surface area contributed by atoms with Crippen molar-refractivity contribution in [3.8, 4) is 23.0 Å². The molecule has 5 rings (SSSR count). The van der Waals surface area contributed by atoms with Gasteiger partial charge in [0.1, 0.15) is 11.7 Å². The van der Waals surface area contributed by atoms with Crippen molar-refractivity contribution >= 4 is 16.4 Å². The van der Waals surface area contributed by atoms with Gasteiger partial charge in [-0.05, 0) is 42.8 Å². The van der Waals surface area contributed by atoms with Crippen LogP contribution in [0.3, 0.4) is 0 Å². The summed E-state index contributed by atoms with van der Waals surface area (Å²) in [6, 6.07) is 7.65. The molecule has 0 radical (unpaired) electrons. The quantitative estimate of drug-likeness (QED) is 0.492. The second kappa shape index (κ2) is 8.71. The van der Waals surface area contributed by atoms with Crippen molar-refractivity contribution in [1.29, 1.82) is 0 Å². The van der Waals surface area contributed by atoms with Crippen LogP contribution in [0.15, 0.2) is 24.3 Å². The number of nitrogens with zero attached hydrogens (tertiary/aromatic N) is 1. The third kappa shape index (κ3) is 4.42. The maximum absolute atomic E-state index is 12.8. The van der Waals surface area contributed by atoms with Gasteiger partial charge in [-0.15, -0.1) is 0 Å². The van der Waals surface area contributed by atoms with E-state index in [9.17, 15) is 4.79 Å². The van der Waals surface area contributed by atoms with Crippen molar-refractivity contribution < 1.29 is 46.0 Å². The number of cyclic esters (lactones) is 1. The highest BCUT2D eigenvalue weighted by Gasteiger charge is 2.44. The van der Waals surface area contributed by atoms with Crippen LogP contribution in [0.2, 0.25) is 0 Å². The van der Waals surface area contributed by atoms with Crippen molar-refractivity contribution in [3.63, 3.8) is 0 Å². The Kier molecular flexibility index (Phi) is 6.10. The summed E-state index contributed by atoms with van der Waals surface area (Å²) < 4.78 is 59.4. The molecule has 0 amide bonds. The molecule has 33 heavy (non-hydrogen) atoms. The summed E-state index contributed by atoms with van der Waals surface area (Å²) in [4.78, 5) is 15.0. The van der Waals surface area contributed by atoms with Crippen LogP contribution in [0, 0.1) is 0 Å². The second-order valence-corrected chi connectivity index (χ2v) is 8.51. The number of fused-ring (bicyclic) bond motifs is 3. The molecule has 0 spiro atoms. The molecule has 0 aliphatic carbocycles. The number of carbonyl (C=O) groups excluding carboxylic acids is 1. The Morgan fingerprint density at radius 1 is 1.06 bits per heavy atom. The first kappa shape index (κ1) is 23.1. The summed E-state index contributed by atoms with van der Waals surface area (Å²) in [5.74, 6) is 2.04. The number of likely N-dealkylation sites (N-methyl/N-ethyl adjacent to an activating group) is 1. The number of carbonyl (C=O) groups is 1. The molecule has 0 bridgehead atoms. The fourth-order valence-electron chi connectivity index (χ4n) is 4.42. The molecular formula is C21H23NO10S. The van der Waals surface area contributed by atoms with E-state index in [-0.39, 0.29) is 12.8 Å². The molecule has 0 saturated carbocycles. The van der Waals surface area contributed by atoms with Gasteiger partial charge in [0, 0.05) is 12.1 Å². The van der Waals surface area contributed by atoms with Gasteiger partial charge >= 0.3 is 16.4 Å². The second-order valence-electron chi connectivity index (χ2n) is 7.62. The Hall–Kier alpha value is -3.06. The standard InChI is InChI=1S/C21H21NO6.H2O4S/c1-22-7-6-11-8-15-16(27-10-26-15)9-13(11)18(22)19-12-4-5-14(24-2)20(25-3)17(12)21(23)28-19;1-5(2,3)4/h4-5,8-9,18-19H,6-7,10H2,1-3H3;(H2,1,2,3,4)/t18-,19+;/m1./s1. The van der Waals surface area contributed by atoms with Gasteiger partial charge in [-0.25, -0.2) is 4.79 Å². The Morgan fingerprint density at radius 2 is 1.73 bits per heavy atom. The fraction of sp³-hybridized carbons (Fsp3) is 0.381. The average Bonchev–Trinajstić information content (AvgIpc) is 3.34. The van der Waals surface area contributed by atoms with E-state index in [1.807, 2.05) is 31.3 Å². The van der Waals surface area contributed by atoms with Gasteiger partial charge in [0.2, 0.25) is 6.79 Å². The van der Waals surface area contributed by atoms with Crippen LogP contribution >= 0.6 is 0 Å². The van der Waals surface area contributed by atoms with E-state index in [1.54, 1.807) is 7.11 Å². The largest absolute Gasteiger partial charge is 0.493 e. The van der Waals surface area contributed by atoms with Crippen LogP contribution in [-0.2, 0) is 21.6 Å². The molecular weight excluding hydrogens is 458 g/mol. The maximum Gasteiger partial charge on any atom is 0.394 e. The third-order valence-corrected chi connectivity index (χ3v) is 5.77. The first-order valence-corrected chi connectivity index (χ1v) is 11.3. The fourth-order valence-corrected chi connectivity index (χ4v) is 4.42. The van der Waals surface area contributed by atoms with Crippen LogP contribution in [0.4, 0.5) is 0 Å². The first-order chi connectivity index (χ1) is 15.6. The molecule has 178 valence electrons. The molecule has 3 aliphatic heterocycles. The lowest BCUT2D eigenvalue weighted by molar-refractivity contribution is 0.00934. The Bertz CT molecular complexity index is 1190. The first-order valence-electron chi connectivity index (χ1n) is 9.90. The Labute approximate surface area is 190 Å². The summed E-state index contributed by atoms with van der Waals surface area (Å²) in [5, 5.41) is 0. The number of hydrogen-bond donors (Lipinski definition) is 2. The van der Waals surface area contributed by atoms with Gasteiger partial charge in [0.15, 0.2) is 23.0 Å². The zero-order valence-electron chi connectivity index (χ0n) is 18.1. The van der Waals surface area contributed by atoms with Gasteiger partial charge < -0.3 is 23.7 Å². The van der Waals surface area contributed by atoms with Gasteiger partial charge in [0.25, 0.3) is 0 Å². The van der Waals surface area contributed by atoms with Crippen molar-refractivity contribution in [2.45, 2.75) is 18.6 Å². The zero-order valence-corrected chi connectivity index (χ0v) is 18.9. The summed E-state index contributed by atoms with van der Waals surface area (Å²) >= 11 is 0. The van der Waals surface area contributed by atoms with Crippen LogP contribution in [-0.4, -0.2) is 63.0 Å². The molecule has 2 atom stereocenters. The molecule has 3 aliphatic rings.